The van der Waals surface area contributed by atoms with Crippen molar-refractivity contribution in [3.8, 4) is 0 Å². The van der Waals surface area contributed by atoms with E-state index in [4.69, 9.17) is 0 Å². The Labute approximate surface area is 98.4 Å². The highest BCUT2D eigenvalue weighted by molar-refractivity contribution is 4.56. The second-order valence-corrected chi connectivity index (χ2v) is 4.68. The first-order chi connectivity index (χ1) is 7.52. The first kappa shape index (κ1) is 15.8. The van der Waals surface area contributed by atoms with Gasteiger partial charge in [-0.15, -0.1) is 0 Å². The molecule has 0 saturated carbocycles. The Balaban J connectivity index is 3.14. The first-order valence-corrected chi connectivity index (χ1v) is 6.22. The van der Waals surface area contributed by atoms with Crippen LogP contribution in [-0.2, 0) is 0 Å². The molecule has 0 saturated heterocycles. The molecule has 4 heteroatoms. The van der Waals surface area contributed by atoms with Crippen molar-refractivity contribution in [3.63, 3.8) is 0 Å². The molecular weight excluding hydrogens is 210 g/mol. The second kappa shape index (κ2) is 9.97. The van der Waals surface area contributed by atoms with Crippen molar-refractivity contribution in [3.05, 3.63) is 0 Å². The van der Waals surface area contributed by atoms with Gasteiger partial charge in [-0.25, -0.2) is 8.78 Å². The zero-order valence-corrected chi connectivity index (χ0v) is 10.8. The zero-order valence-electron chi connectivity index (χ0n) is 10.8. The van der Waals surface area contributed by atoms with Crippen molar-refractivity contribution in [1.29, 1.82) is 0 Å². The Morgan fingerprint density at radius 3 is 2.25 bits per heavy atom. The van der Waals surface area contributed by atoms with Crippen LogP contribution in [0.25, 0.3) is 0 Å². The van der Waals surface area contributed by atoms with E-state index < -0.39 is 6.43 Å². The minimum absolute atomic E-state index is 0.102. The number of unbranched alkanes of at least 4 members (excludes halogenated alkanes) is 3. The van der Waals surface area contributed by atoms with E-state index in [1.807, 2.05) is 0 Å². The quantitative estimate of drug-likeness (QED) is 0.587. The van der Waals surface area contributed by atoms with E-state index in [-0.39, 0.29) is 6.54 Å². The molecule has 16 heavy (non-hydrogen) atoms. The third kappa shape index (κ3) is 11.9. The molecule has 2 nitrogen and oxygen atoms in total. The summed E-state index contributed by atoms with van der Waals surface area (Å²) in [5.41, 5.74) is 0. The summed E-state index contributed by atoms with van der Waals surface area (Å²) in [7, 11) is 1.76. The minimum atomic E-state index is -2.21. The van der Waals surface area contributed by atoms with Gasteiger partial charge in [-0.1, -0.05) is 26.7 Å². The third-order valence-electron chi connectivity index (χ3n) is 2.47. The lowest BCUT2D eigenvalue weighted by Crippen LogP contribution is -2.25. The number of nitrogens with zero attached hydrogens (tertiary/aromatic N) is 1. The maximum atomic E-state index is 12.0. The monoisotopic (exact) mass is 236 g/mol. The van der Waals surface area contributed by atoms with E-state index in [0.29, 0.717) is 6.04 Å². The highest BCUT2D eigenvalue weighted by Crippen LogP contribution is 2.02. The number of halogens is 2. The number of rotatable bonds is 10. The highest BCUT2D eigenvalue weighted by atomic mass is 19.3. The molecule has 0 rings (SSSR count). The number of alkyl halides is 2. The van der Waals surface area contributed by atoms with Gasteiger partial charge in [0.25, 0.3) is 6.43 Å². The van der Waals surface area contributed by atoms with Crippen molar-refractivity contribution >= 4 is 0 Å². The van der Waals surface area contributed by atoms with Crippen molar-refractivity contribution < 1.29 is 8.78 Å². The van der Waals surface area contributed by atoms with Gasteiger partial charge in [-0.05, 0) is 33.0 Å². The summed E-state index contributed by atoms with van der Waals surface area (Å²) in [6.07, 6.45) is 2.30. The van der Waals surface area contributed by atoms with Gasteiger partial charge in [0.15, 0.2) is 0 Å². The van der Waals surface area contributed by atoms with Crippen LogP contribution in [-0.4, -0.2) is 44.0 Å². The van der Waals surface area contributed by atoms with Crippen LogP contribution < -0.4 is 5.32 Å². The third-order valence-corrected chi connectivity index (χ3v) is 2.47. The molecule has 0 unspecified atom stereocenters. The molecule has 0 aromatic rings. The Morgan fingerprint density at radius 2 is 1.69 bits per heavy atom. The average Bonchev–Trinajstić information content (AvgIpc) is 2.14. The van der Waals surface area contributed by atoms with E-state index >= 15 is 0 Å². The molecule has 0 aliphatic rings. The Kier molecular flexibility index (Phi) is 9.83. The number of nitrogens with one attached hydrogen (secondary N) is 1. The fourth-order valence-electron chi connectivity index (χ4n) is 1.58. The second-order valence-electron chi connectivity index (χ2n) is 4.68. The predicted octanol–water partition coefficient (Wildman–Crippen LogP) is 2.74. The summed E-state index contributed by atoms with van der Waals surface area (Å²) in [6, 6.07) is 0.553. The summed E-state index contributed by atoms with van der Waals surface area (Å²) in [6.45, 7) is 6.01. The SMILES string of the molecule is CC(C)NCCCCCCN(C)CC(F)F. The maximum Gasteiger partial charge on any atom is 0.251 e. The topological polar surface area (TPSA) is 15.3 Å². The first-order valence-electron chi connectivity index (χ1n) is 6.22. The zero-order chi connectivity index (χ0) is 12.4. The molecule has 0 atom stereocenters. The smallest absolute Gasteiger partial charge is 0.251 e. The molecule has 0 heterocycles. The lowest BCUT2D eigenvalue weighted by atomic mass is 10.2. The highest BCUT2D eigenvalue weighted by Gasteiger charge is 2.06. The van der Waals surface area contributed by atoms with Gasteiger partial charge in [-0.3, -0.25) is 0 Å². The van der Waals surface area contributed by atoms with Crippen LogP contribution in [0.1, 0.15) is 39.5 Å². The fourth-order valence-corrected chi connectivity index (χ4v) is 1.58. The molecule has 1 N–H and O–H groups in total. The molecular formula is C12H26F2N2. The molecule has 0 aliphatic heterocycles. The fraction of sp³-hybridized carbons (Fsp3) is 1.00. The van der Waals surface area contributed by atoms with Crippen molar-refractivity contribution in [2.75, 3.05) is 26.7 Å². The maximum absolute atomic E-state index is 12.0. The van der Waals surface area contributed by atoms with Gasteiger partial charge in [0.2, 0.25) is 0 Å². The van der Waals surface area contributed by atoms with E-state index in [0.717, 1.165) is 25.9 Å². The van der Waals surface area contributed by atoms with Crippen LogP contribution in [0.2, 0.25) is 0 Å². The molecule has 0 fully saturated rings. The lowest BCUT2D eigenvalue weighted by molar-refractivity contribution is 0.0995. The van der Waals surface area contributed by atoms with Crippen LogP contribution >= 0.6 is 0 Å². The van der Waals surface area contributed by atoms with Gasteiger partial charge < -0.3 is 10.2 Å². The van der Waals surface area contributed by atoms with Crippen LogP contribution in [0, 0.1) is 0 Å². The van der Waals surface area contributed by atoms with Crippen molar-refractivity contribution in [2.45, 2.75) is 52.0 Å². The normalized spacial score (nSPS) is 12.0. The van der Waals surface area contributed by atoms with Crippen LogP contribution in [0.5, 0.6) is 0 Å². The Bertz CT molecular complexity index is 152. The average molecular weight is 236 g/mol. The molecule has 0 aromatic heterocycles. The van der Waals surface area contributed by atoms with Gasteiger partial charge in [0.1, 0.15) is 0 Å². The molecule has 0 amide bonds. The number of hydrogen-bond acceptors (Lipinski definition) is 2. The van der Waals surface area contributed by atoms with E-state index in [1.54, 1.807) is 11.9 Å². The molecule has 0 spiro atoms. The summed E-state index contributed by atoms with van der Waals surface area (Å²) in [4.78, 5) is 1.71. The number of hydrogen-bond donors (Lipinski definition) is 1. The van der Waals surface area contributed by atoms with Crippen molar-refractivity contribution in [1.82, 2.24) is 10.2 Å². The van der Waals surface area contributed by atoms with Crippen LogP contribution in [0.3, 0.4) is 0 Å². The summed E-state index contributed by atoms with van der Waals surface area (Å²) in [5.74, 6) is 0. The largest absolute Gasteiger partial charge is 0.315 e. The van der Waals surface area contributed by atoms with E-state index in [2.05, 4.69) is 19.2 Å². The molecule has 0 aliphatic carbocycles. The Morgan fingerprint density at radius 1 is 1.06 bits per heavy atom. The molecule has 0 radical (unpaired) electrons. The lowest BCUT2D eigenvalue weighted by Gasteiger charge is -2.15. The van der Waals surface area contributed by atoms with Gasteiger partial charge in [0, 0.05) is 6.04 Å². The van der Waals surface area contributed by atoms with E-state index in [1.165, 1.54) is 12.8 Å². The molecule has 0 bridgehead atoms. The van der Waals surface area contributed by atoms with E-state index in [9.17, 15) is 8.78 Å². The molecule has 98 valence electrons. The van der Waals surface area contributed by atoms with Crippen LogP contribution in [0.4, 0.5) is 8.78 Å². The standard InChI is InChI=1S/C12H26F2N2/c1-11(2)15-8-6-4-5-7-9-16(3)10-12(13)14/h11-12,15H,4-10H2,1-3H3. The summed E-state index contributed by atoms with van der Waals surface area (Å²) in [5, 5.41) is 3.36. The van der Waals surface area contributed by atoms with Gasteiger partial charge in [0.05, 0.1) is 6.54 Å². The predicted molar refractivity (Wildman–Crippen MR) is 65.1 cm³/mol. The van der Waals surface area contributed by atoms with Crippen molar-refractivity contribution in [2.24, 2.45) is 0 Å². The molecule has 0 aromatic carbocycles. The van der Waals surface area contributed by atoms with Gasteiger partial charge in [-0.2, -0.15) is 0 Å². The van der Waals surface area contributed by atoms with Crippen LogP contribution in [0.15, 0.2) is 0 Å². The summed E-state index contributed by atoms with van der Waals surface area (Å²) >= 11 is 0. The minimum Gasteiger partial charge on any atom is -0.315 e. The summed E-state index contributed by atoms with van der Waals surface area (Å²) < 4.78 is 24.0. The Hall–Kier alpha value is -0.220. The van der Waals surface area contributed by atoms with Gasteiger partial charge >= 0.3 is 0 Å².